The SMILES string of the molecule is CN[C@H]1C(O)O[C@@H]([C@@H](C)O)[C@@H]1O. The van der Waals surface area contributed by atoms with Gasteiger partial charge in [-0.25, -0.2) is 0 Å². The van der Waals surface area contributed by atoms with Crippen LogP contribution >= 0.6 is 0 Å². The maximum Gasteiger partial charge on any atom is 0.173 e. The predicted octanol–water partition coefficient (Wildman–Crippen LogP) is -1.97. The van der Waals surface area contributed by atoms with E-state index in [2.05, 4.69) is 5.32 Å². The molecule has 1 aliphatic rings. The van der Waals surface area contributed by atoms with Gasteiger partial charge in [-0.05, 0) is 14.0 Å². The van der Waals surface area contributed by atoms with Crippen LogP contribution in [0.15, 0.2) is 0 Å². The van der Waals surface area contributed by atoms with Gasteiger partial charge >= 0.3 is 0 Å². The van der Waals surface area contributed by atoms with E-state index in [9.17, 15) is 10.2 Å². The van der Waals surface area contributed by atoms with Gasteiger partial charge < -0.3 is 25.4 Å². The summed E-state index contributed by atoms with van der Waals surface area (Å²) in [6, 6.07) is -0.524. The summed E-state index contributed by atoms with van der Waals surface area (Å²) in [5.41, 5.74) is 0. The maximum absolute atomic E-state index is 9.48. The number of ether oxygens (including phenoxy) is 1. The van der Waals surface area contributed by atoms with Crippen molar-refractivity contribution in [1.82, 2.24) is 5.32 Å². The Bertz CT molecular complexity index is 152. The molecule has 1 rings (SSSR count). The minimum atomic E-state index is -1.05. The molecular formula is C7H15NO4. The van der Waals surface area contributed by atoms with E-state index in [0.717, 1.165) is 0 Å². The van der Waals surface area contributed by atoms with Crippen LogP contribution in [0.1, 0.15) is 6.92 Å². The molecule has 0 saturated carbocycles. The second kappa shape index (κ2) is 3.68. The molecule has 12 heavy (non-hydrogen) atoms. The highest BCUT2D eigenvalue weighted by Crippen LogP contribution is 2.21. The molecule has 5 nitrogen and oxygen atoms in total. The number of aliphatic hydroxyl groups is 3. The Morgan fingerprint density at radius 2 is 2.00 bits per heavy atom. The van der Waals surface area contributed by atoms with Crippen molar-refractivity contribution in [3.05, 3.63) is 0 Å². The molecule has 0 bridgehead atoms. The van der Waals surface area contributed by atoms with Gasteiger partial charge in [-0.15, -0.1) is 0 Å². The Morgan fingerprint density at radius 1 is 1.42 bits per heavy atom. The summed E-state index contributed by atoms with van der Waals surface area (Å²) in [6.45, 7) is 1.51. The topological polar surface area (TPSA) is 82.0 Å². The molecule has 0 aromatic rings. The number of rotatable bonds is 2. The molecule has 1 fully saturated rings. The zero-order valence-corrected chi connectivity index (χ0v) is 7.14. The number of hydrogen-bond donors (Lipinski definition) is 4. The molecule has 0 radical (unpaired) electrons. The lowest BCUT2D eigenvalue weighted by molar-refractivity contribution is -0.129. The van der Waals surface area contributed by atoms with Crippen LogP contribution in [0, 0.1) is 0 Å². The van der Waals surface area contributed by atoms with Crippen LogP contribution in [0.3, 0.4) is 0 Å². The van der Waals surface area contributed by atoms with Crippen LogP contribution in [-0.4, -0.2) is 53.0 Å². The maximum atomic E-state index is 9.48. The first-order chi connectivity index (χ1) is 5.57. The average molecular weight is 177 g/mol. The van der Waals surface area contributed by atoms with E-state index in [1.54, 1.807) is 7.05 Å². The summed E-state index contributed by atoms with van der Waals surface area (Å²) in [6.07, 6.45) is -3.42. The number of nitrogens with one attached hydrogen (secondary N) is 1. The molecule has 0 amide bonds. The first kappa shape index (κ1) is 9.88. The fourth-order valence-corrected chi connectivity index (χ4v) is 1.41. The van der Waals surface area contributed by atoms with Crippen LogP contribution < -0.4 is 5.32 Å². The molecule has 1 saturated heterocycles. The molecule has 0 aromatic carbocycles. The molecule has 5 atom stereocenters. The van der Waals surface area contributed by atoms with Gasteiger partial charge in [0.15, 0.2) is 6.29 Å². The Morgan fingerprint density at radius 3 is 2.25 bits per heavy atom. The van der Waals surface area contributed by atoms with Gasteiger partial charge in [0.25, 0.3) is 0 Å². The third-order valence-corrected chi connectivity index (χ3v) is 2.12. The Kier molecular flexibility index (Phi) is 3.03. The van der Waals surface area contributed by atoms with E-state index in [0.29, 0.717) is 0 Å². The van der Waals surface area contributed by atoms with Crippen molar-refractivity contribution in [3.8, 4) is 0 Å². The Balaban J connectivity index is 2.62. The molecule has 4 N–H and O–H groups in total. The summed E-state index contributed by atoms with van der Waals surface area (Å²) in [7, 11) is 1.62. The van der Waals surface area contributed by atoms with Crippen molar-refractivity contribution in [3.63, 3.8) is 0 Å². The lowest BCUT2D eigenvalue weighted by Gasteiger charge is -2.18. The van der Waals surface area contributed by atoms with Crippen LogP contribution in [0.2, 0.25) is 0 Å². The van der Waals surface area contributed by atoms with Crippen molar-refractivity contribution < 1.29 is 20.1 Å². The van der Waals surface area contributed by atoms with E-state index in [-0.39, 0.29) is 0 Å². The quantitative estimate of drug-likeness (QED) is 0.393. The standard InChI is InChI=1S/C7H15NO4/c1-3(9)6-5(10)4(8-2)7(11)12-6/h3-11H,1-2H3/t3-,4-,5-,6+,7?/m1/s1. The van der Waals surface area contributed by atoms with Crippen molar-refractivity contribution >= 4 is 0 Å². The van der Waals surface area contributed by atoms with Gasteiger partial charge in [-0.3, -0.25) is 0 Å². The van der Waals surface area contributed by atoms with Gasteiger partial charge in [0.1, 0.15) is 12.2 Å². The van der Waals surface area contributed by atoms with Gasteiger partial charge in [0, 0.05) is 0 Å². The second-order valence-corrected chi connectivity index (χ2v) is 3.04. The van der Waals surface area contributed by atoms with Gasteiger partial charge in [-0.2, -0.15) is 0 Å². The third-order valence-electron chi connectivity index (χ3n) is 2.12. The van der Waals surface area contributed by atoms with E-state index in [4.69, 9.17) is 9.84 Å². The second-order valence-electron chi connectivity index (χ2n) is 3.04. The number of likely N-dealkylation sites (N-methyl/N-ethyl adjacent to an activating group) is 1. The fraction of sp³-hybridized carbons (Fsp3) is 1.00. The van der Waals surface area contributed by atoms with Crippen LogP contribution in [0.25, 0.3) is 0 Å². The normalized spacial score (nSPS) is 44.8. The monoisotopic (exact) mass is 177 g/mol. The predicted molar refractivity (Wildman–Crippen MR) is 41.4 cm³/mol. The highest BCUT2D eigenvalue weighted by molar-refractivity contribution is 4.92. The number of hydrogen-bond acceptors (Lipinski definition) is 5. The first-order valence-electron chi connectivity index (χ1n) is 3.95. The average Bonchev–Trinajstić information content (AvgIpc) is 2.27. The first-order valence-corrected chi connectivity index (χ1v) is 3.95. The molecule has 0 aliphatic carbocycles. The zero-order valence-electron chi connectivity index (χ0n) is 7.14. The van der Waals surface area contributed by atoms with E-state index in [1.807, 2.05) is 0 Å². The molecule has 0 aromatic heterocycles. The Labute approximate surface area is 71.0 Å². The van der Waals surface area contributed by atoms with Crippen molar-refractivity contribution in [1.29, 1.82) is 0 Å². The largest absolute Gasteiger partial charge is 0.391 e. The summed E-state index contributed by atoms with van der Waals surface area (Å²) in [5.74, 6) is 0. The minimum absolute atomic E-state index is 0.524. The van der Waals surface area contributed by atoms with Gasteiger partial charge in [0.05, 0.1) is 12.1 Å². The molecule has 1 heterocycles. The molecule has 72 valence electrons. The number of aliphatic hydroxyl groups excluding tert-OH is 3. The van der Waals surface area contributed by atoms with Crippen molar-refractivity contribution in [2.75, 3.05) is 7.05 Å². The summed E-state index contributed by atoms with van der Waals surface area (Å²) >= 11 is 0. The zero-order chi connectivity index (χ0) is 9.30. The van der Waals surface area contributed by atoms with Gasteiger partial charge in [-0.1, -0.05) is 0 Å². The molecule has 0 spiro atoms. The lowest BCUT2D eigenvalue weighted by atomic mass is 10.1. The molecular weight excluding hydrogens is 162 g/mol. The smallest absolute Gasteiger partial charge is 0.173 e. The van der Waals surface area contributed by atoms with E-state index < -0.39 is 30.6 Å². The molecule has 5 heteroatoms. The van der Waals surface area contributed by atoms with Crippen molar-refractivity contribution in [2.45, 2.75) is 37.6 Å². The Hall–Kier alpha value is -0.200. The molecule has 1 aliphatic heterocycles. The molecule has 1 unspecified atom stereocenters. The van der Waals surface area contributed by atoms with Crippen molar-refractivity contribution in [2.24, 2.45) is 0 Å². The van der Waals surface area contributed by atoms with Gasteiger partial charge in [0.2, 0.25) is 0 Å². The highest BCUT2D eigenvalue weighted by Gasteiger charge is 2.43. The fourth-order valence-electron chi connectivity index (χ4n) is 1.41. The minimum Gasteiger partial charge on any atom is -0.391 e. The van der Waals surface area contributed by atoms with Crippen LogP contribution in [0.4, 0.5) is 0 Å². The summed E-state index contributed by atoms with van der Waals surface area (Å²) in [5, 5.41) is 30.5. The van der Waals surface area contributed by atoms with E-state index in [1.165, 1.54) is 6.92 Å². The summed E-state index contributed by atoms with van der Waals surface area (Å²) < 4.78 is 4.93. The lowest BCUT2D eigenvalue weighted by Crippen LogP contribution is -2.44. The highest BCUT2D eigenvalue weighted by atomic mass is 16.6. The van der Waals surface area contributed by atoms with E-state index >= 15 is 0 Å². The summed E-state index contributed by atoms with van der Waals surface area (Å²) in [4.78, 5) is 0. The van der Waals surface area contributed by atoms with Crippen LogP contribution in [-0.2, 0) is 4.74 Å². The third kappa shape index (κ3) is 1.60. The van der Waals surface area contributed by atoms with Crippen LogP contribution in [0.5, 0.6) is 0 Å².